The van der Waals surface area contributed by atoms with Crippen LogP contribution in [0.4, 0.5) is 4.79 Å². The van der Waals surface area contributed by atoms with Crippen molar-refractivity contribution < 1.29 is 19.1 Å². The number of carbonyl (C=O) groups excluding carboxylic acids is 2. The SMILES string of the molecule is C=CCOc1c(Br)cc(/C=C2\SC(=O)N(CC)C2=O)cc1OCC. The second-order valence-electron chi connectivity index (χ2n) is 4.79. The smallest absolute Gasteiger partial charge is 0.293 e. The molecule has 1 aromatic rings. The molecule has 0 aliphatic carbocycles. The Bertz CT molecular complexity index is 702. The monoisotopic (exact) mass is 411 g/mol. The molecule has 24 heavy (non-hydrogen) atoms. The first-order valence-corrected chi connectivity index (χ1v) is 9.08. The maximum absolute atomic E-state index is 12.2. The van der Waals surface area contributed by atoms with Gasteiger partial charge in [0, 0.05) is 6.54 Å². The normalized spacial score (nSPS) is 16.0. The van der Waals surface area contributed by atoms with E-state index in [1.165, 1.54) is 4.90 Å². The second kappa shape index (κ2) is 8.39. The van der Waals surface area contributed by atoms with Gasteiger partial charge in [-0.1, -0.05) is 12.7 Å². The Morgan fingerprint density at radius 2 is 2.04 bits per heavy atom. The highest BCUT2D eigenvalue weighted by atomic mass is 79.9. The molecular weight excluding hydrogens is 394 g/mol. The van der Waals surface area contributed by atoms with Crippen molar-refractivity contribution in [3.63, 3.8) is 0 Å². The standard InChI is InChI=1S/C17H18BrNO4S/c1-4-7-23-15-12(18)8-11(9-13(15)22-6-3)10-14-16(20)19(5-2)17(21)24-14/h4,8-10H,1,5-7H2,2-3H3/b14-10-. The number of ether oxygens (including phenoxy) is 2. The minimum absolute atomic E-state index is 0.246. The van der Waals surface area contributed by atoms with Crippen molar-refractivity contribution in [3.8, 4) is 11.5 Å². The number of thioether (sulfide) groups is 1. The van der Waals surface area contributed by atoms with E-state index in [9.17, 15) is 9.59 Å². The van der Waals surface area contributed by atoms with E-state index in [-0.39, 0.29) is 11.1 Å². The van der Waals surface area contributed by atoms with Crippen LogP contribution < -0.4 is 9.47 Å². The van der Waals surface area contributed by atoms with E-state index in [1.807, 2.05) is 13.0 Å². The molecule has 0 atom stereocenters. The summed E-state index contributed by atoms with van der Waals surface area (Å²) in [5.41, 5.74) is 0.748. The van der Waals surface area contributed by atoms with Gasteiger partial charge in [0.1, 0.15) is 6.61 Å². The van der Waals surface area contributed by atoms with Gasteiger partial charge in [0.15, 0.2) is 11.5 Å². The van der Waals surface area contributed by atoms with E-state index in [0.717, 1.165) is 17.3 Å². The number of halogens is 1. The topological polar surface area (TPSA) is 55.8 Å². The zero-order chi connectivity index (χ0) is 17.7. The Balaban J connectivity index is 2.38. The molecule has 1 fully saturated rings. The van der Waals surface area contributed by atoms with Crippen molar-refractivity contribution in [1.82, 2.24) is 4.90 Å². The van der Waals surface area contributed by atoms with Crippen molar-refractivity contribution >= 4 is 44.9 Å². The Morgan fingerprint density at radius 1 is 1.29 bits per heavy atom. The van der Waals surface area contributed by atoms with Crippen molar-refractivity contribution in [2.75, 3.05) is 19.8 Å². The third kappa shape index (κ3) is 4.02. The first-order chi connectivity index (χ1) is 11.5. The fourth-order valence-corrected chi connectivity index (χ4v) is 3.62. The van der Waals surface area contributed by atoms with Crippen LogP contribution >= 0.6 is 27.7 Å². The highest BCUT2D eigenvalue weighted by molar-refractivity contribution is 9.10. The molecule has 1 aliphatic rings. The molecule has 2 rings (SSSR count). The lowest BCUT2D eigenvalue weighted by atomic mass is 10.2. The molecule has 0 bridgehead atoms. The van der Waals surface area contributed by atoms with Crippen LogP contribution in [0.15, 0.2) is 34.2 Å². The number of rotatable bonds is 7. The van der Waals surface area contributed by atoms with E-state index in [2.05, 4.69) is 22.5 Å². The summed E-state index contributed by atoms with van der Waals surface area (Å²) in [4.78, 5) is 25.6. The summed E-state index contributed by atoms with van der Waals surface area (Å²) in [5, 5.41) is -0.246. The maximum Gasteiger partial charge on any atom is 0.293 e. The molecule has 2 amide bonds. The fourth-order valence-electron chi connectivity index (χ4n) is 2.14. The zero-order valence-corrected chi connectivity index (χ0v) is 15.9. The molecule has 0 spiro atoms. The zero-order valence-electron chi connectivity index (χ0n) is 13.5. The third-order valence-corrected chi connectivity index (χ3v) is 4.66. The number of imide groups is 1. The van der Waals surface area contributed by atoms with Crippen LogP contribution in [0, 0.1) is 0 Å². The quantitative estimate of drug-likeness (QED) is 0.489. The highest BCUT2D eigenvalue weighted by Crippen LogP contribution is 2.39. The fraction of sp³-hybridized carbons (Fsp3) is 0.294. The Hall–Kier alpha value is -1.73. The first kappa shape index (κ1) is 18.6. The molecule has 128 valence electrons. The third-order valence-electron chi connectivity index (χ3n) is 3.16. The number of benzene rings is 1. The number of amides is 2. The number of carbonyl (C=O) groups is 2. The minimum Gasteiger partial charge on any atom is -0.490 e. The molecular formula is C17H18BrNO4S. The van der Waals surface area contributed by atoms with E-state index in [0.29, 0.717) is 40.6 Å². The summed E-state index contributed by atoms with van der Waals surface area (Å²) in [6, 6.07) is 3.60. The molecule has 1 aromatic carbocycles. The van der Waals surface area contributed by atoms with Gasteiger partial charge in [-0.25, -0.2) is 0 Å². The van der Waals surface area contributed by atoms with Gasteiger partial charge in [-0.15, -0.1) is 0 Å². The summed E-state index contributed by atoms with van der Waals surface area (Å²) < 4.78 is 11.9. The van der Waals surface area contributed by atoms with Crippen molar-refractivity contribution in [2.45, 2.75) is 13.8 Å². The van der Waals surface area contributed by atoms with Crippen LogP contribution in [-0.4, -0.2) is 35.8 Å². The van der Waals surface area contributed by atoms with Crippen molar-refractivity contribution in [3.05, 3.63) is 39.7 Å². The van der Waals surface area contributed by atoms with Crippen LogP contribution in [0.3, 0.4) is 0 Å². The average molecular weight is 412 g/mol. The van der Waals surface area contributed by atoms with Gasteiger partial charge in [0.05, 0.1) is 16.0 Å². The molecule has 0 N–H and O–H groups in total. The Morgan fingerprint density at radius 3 is 2.62 bits per heavy atom. The van der Waals surface area contributed by atoms with Gasteiger partial charge in [0.25, 0.3) is 11.1 Å². The predicted molar refractivity (Wildman–Crippen MR) is 99.4 cm³/mol. The molecule has 5 nitrogen and oxygen atoms in total. The molecule has 1 aliphatic heterocycles. The van der Waals surface area contributed by atoms with Crippen molar-refractivity contribution in [1.29, 1.82) is 0 Å². The molecule has 1 heterocycles. The molecule has 0 unspecified atom stereocenters. The number of nitrogens with zero attached hydrogens (tertiary/aromatic N) is 1. The molecule has 1 saturated heterocycles. The largest absolute Gasteiger partial charge is 0.490 e. The van der Waals surface area contributed by atoms with E-state index >= 15 is 0 Å². The molecule has 0 saturated carbocycles. The lowest BCUT2D eigenvalue weighted by molar-refractivity contribution is -0.122. The van der Waals surface area contributed by atoms with Crippen molar-refractivity contribution in [2.24, 2.45) is 0 Å². The molecule has 7 heteroatoms. The summed E-state index contributed by atoms with van der Waals surface area (Å²) in [6.45, 7) is 8.48. The lowest BCUT2D eigenvalue weighted by Gasteiger charge is -2.13. The number of likely N-dealkylation sites (N-methyl/N-ethyl adjacent to an activating group) is 1. The maximum atomic E-state index is 12.2. The minimum atomic E-state index is -0.270. The van der Waals surface area contributed by atoms with Gasteiger partial charge >= 0.3 is 0 Å². The first-order valence-electron chi connectivity index (χ1n) is 7.47. The van der Waals surface area contributed by atoms with Gasteiger partial charge < -0.3 is 9.47 Å². The Kier molecular flexibility index (Phi) is 6.51. The lowest BCUT2D eigenvalue weighted by Crippen LogP contribution is -2.27. The van der Waals surface area contributed by atoms with Gasteiger partial charge in [-0.2, -0.15) is 0 Å². The van der Waals surface area contributed by atoms with Crippen LogP contribution in [-0.2, 0) is 4.79 Å². The Labute approximate surface area is 153 Å². The summed E-state index contributed by atoms with van der Waals surface area (Å²) in [7, 11) is 0. The average Bonchev–Trinajstić information content (AvgIpc) is 2.80. The van der Waals surface area contributed by atoms with Gasteiger partial charge in [-0.05, 0) is 65.3 Å². The highest BCUT2D eigenvalue weighted by Gasteiger charge is 2.33. The molecule has 0 aromatic heterocycles. The van der Waals surface area contributed by atoms with E-state index < -0.39 is 0 Å². The predicted octanol–water partition coefficient (Wildman–Crippen LogP) is 4.47. The number of hydrogen-bond donors (Lipinski definition) is 0. The van der Waals surface area contributed by atoms with E-state index in [1.54, 1.807) is 25.1 Å². The van der Waals surface area contributed by atoms with Crippen LogP contribution in [0.1, 0.15) is 19.4 Å². The molecule has 0 radical (unpaired) electrons. The van der Waals surface area contributed by atoms with Crippen LogP contribution in [0.5, 0.6) is 11.5 Å². The summed E-state index contributed by atoms with van der Waals surface area (Å²) in [6.07, 6.45) is 3.34. The summed E-state index contributed by atoms with van der Waals surface area (Å²) in [5.74, 6) is 0.874. The van der Waals surface area contributed by atoms with Gasteiger partial charge in [-0.3, -0.25) is 14.5 Å². The van der Waals surface area contributed by atoms with Crippen LogP contribution in [0.25, 0.3) is 6.08 Å². The van der Waals surface area contributed by atoms with E-state index in [4.69, 9.17) is 9.47 Å². The summed E-state index contributed by atoms with van der Waals surface area (Å²) >= 11 is 4.40. The second-order valence-corrected chi connectivity index (χ2v) is 6.64. The number of hydrogen-bond acceptors (Lipinski definition) is 5. The van der Waals surface area contributed by atoms with Gasteiger partial charge in [0.2, 0.25) is 0 Å². The van der Waals surface area contributed by atoms with Crippen LogP contribution in [0.2, 0.25) is 0 Å².